The highest BCUT2D eigenvalue weighted by Crippen LogP contribution is 2.39. The lowest BCUT2D eigenvalue weighted by Gasteiger charge is -2.33. The fourth-order valence-corrected chi connectivity index (χ4v) is 4.63. The minimum Gasteiger partial charge on any atom is -0.493 e. The largest absolute Gasteiger partial charge is 0.493 e. The molecular weight excluding hydrogens is 364 g/mol. The molecule has 0 unspecified atom stereocenters. The fraction of sp³-hybridized carbons (Fsp3) is 0.565. The fourth-order valence-electron chi connectivity index (χ4n) is 4.63. The number of rotatable bonds is 6. The molecule has 4 rings (SSSR count). The summed E-state index contributed by atoms with van der Waals surface area (Å²) in [6.07, 6.45) is 7.35. The predicted octanol–water partition coefficient (Wildman–Crippen LogP) is 3.92. The van der Waals surface area contributed by atoms with E-state index in [2.05, 4.69) is 22.4 Å². The van der Waals surface area contributed by atoms with Gasteiger partial charge in [-0.25, -0.2) is 0 Å². The van der Waals surface area contributed by atoms with Crippen molar-refractivity contribution in [3.8, 4) is 17.6 Å². The van der Waals surface area contributed by atoms with Crippen LogP contribution in [0.2, 0.25) is 0 Å². The molecule has 1 aromatic carbocycles. The first-order valence-electron chi connectivity index (χ1n) is 10.7. The van der Waals surface area contributed by atoms with Gasteiger partial charge in [0.25, 0.3) is 0 Å². The number of pyridine rings is 1. The van der Waals surface area contributed by atoms with Crippen LogP contribution in [0.5, 0.6) is 11.5 Å². The molecule has 0 atom stereocenters. The lowest BCUT2D eigenvalue weighted by Crippen LogP contribution is -2.39. The van der Waals surface area contributed by atoms with E-state index in [9.17, 15) is 0 Å². The van der Waals surface area contributed by atoms with E-state index >= 15 is 0 Å². The van der Waals surface area contributed by atoms with Crippen molar-refractivity contribution in [1.29, 1.82) is 5.26 Å². The van der Waals surface area contributed by atoms with Crippen LogP contribution in [0.4, 0.5) is 5.69 Å². The first-order chi connectivity index (χ1) is 14.2. The molecule has 1 aliphatic carbocycles. The number of piperidine rings is 1. The summed E-state index contributed by atoms with van der Waals surface area (Å²) in [6.45, 7) is 2.97. The number of aromatic nitrogens is 1. The molecule has 2 heterocycles. The first-order valence-corrected chi connectivity index (χ1v) is 10.7. The van der Waals surface area contributed by atoms with Gasteiger partial charge >= 0.3 is 0 Å². The molecule has 0 saturated carbocycles. The van der Waals surface area contributed by atoms with E-state index in [-0.39, 0.29) is 0 Å². The molecule has 1 fully saturated rings. The highest BCUT2D eigenvalue weighted by Gasteiger charge is 2.24. The van der Waals surface area contributed by atoms with Crippen LogP contribution in [-0.4, -0.2) is 49.8 Å². The summed E-state index contributed by atoms with van der Waals surface area (Å²) in [5, 5.41) is 13.8. The maximum Gasteiger partial charge on any atom is 0.162 e. The zero-order valence-electron chi connectivity index (χ0n) is 17.5. The second-order valence-corrected chi connectivity index (χ2v) is 8.01. The Morgan fingerprint density at radius 3 is 2.59 bits per heavy atom. The van der Waals surface area contributed by atoms with E-state index in [1.807, 2.05) is 6.07 Å². The Balaban J connectivity index is 1.66. The van der Waals surface area contributed by atoms with Crippen molar-refractivity contribution in [1.82, 2.24) is 9.88 Å². The Kier molecular flexibility index (Phi) is 6.05. The normalized spacial score (nSPS) is 17.6. The van der Waals surface area contributed by atoms with Gasteiger partial charge in [0.05, 0.1) is 25.8 Å². The van der Waals surface area contributed by atoms with E-state index < -0.39 is 0 Å². The van der Waals surface area contributed by atoms with E-state index in [0.29, 0.717) is 12.5 Å². The van der Waals surface area contributed by atoms with Crippen LogP contribution >= 0.6 is 0 Å². The third-order valence-corrected chi connectivity index (χ3v) is 6.24. The Labute approximate surface area is 172 Å². The van der Waals surface area contributed by atoms with Gasteiger partial charge in [0.2, 0.25) is 0 Å². The Morgan fingerprint density at radius 1 is 1.14 bits per heavy atom. The monoisotopic (exact) mass is 394 g/mol. The number of hydrogen-bond donors (Lipinski definition) is 1. The average molecular weight is 395 g/mol. The van der Waals surface area contributed by atoms with E-state index in [0.717, 1.165) is 67.7 Å². The molecule has 1 saturated heterocycles. The molecule has 1 aromatic heterocycles. The number of hydrogen-bond acceptors (Lipinski definition) is 6. The topological polar surface area (TPSA) is 70.4 Å². The second kappa shape index (κ2) is 8.87. The van der Waals surface area contributed by atoms with Crippen molar-refractivity contribution in [2.75, 3.05) is 39.2 Å². The van der Waals surface area contributed by atoms with Crippen LogP contribution in [0.15, 0.2) is 12.1 Å². The van der Waals surface area contributed by atoms with E-state index in [1.54, 1.807) is 14.2 Å². The summed E-state index contributed by atoms with van der Waals surface area (Å²) in [5.41, 5.74) is 4.81. The summed E-state index contributed by atoms with van der Waals surface area (Å²) in [7, 11) is 3.35. The molecule has 29 heavy (non-hydrogen) atoms. The number of nitrogens with zero attached hydrogens (tertiary/aromatic N) is 3. The number of methoxy groups -OCH3 is 2. The van der Waals surface area contributed by atoms with Crippen molar-refractivity contribution >= 4 is 16.6 Å². The van der Waals surface area contributed by atoms with Gasteiger partial charge in [-0.1, -0.05) is 0 Å². The van der Waals surface area contributed by atoms with Gasteiger partial charge in [-0.05, 0) is 50.2 Å². The minimum absolute atomic E-state index is 0.443. The standard InChI is InChI=1S/C23H30N4O2/c1-28-21-14-18-20(15-22(21)29-2)26-19-7-4-3-6-17(19)23(18)25-16-8-12-27(13-9-16)11-5-10-24/h14-16H,3-9,11-13H2,1-2H3,(H,25,26). The quantitative estimate of drug-likeness (QED) is 0.801. The van der Waals surface area contributed by atoms with Crippen LogP contribution in [-0.2, 0) is 12.8 Å². The maximum atomic E-state index is 8.82. The van der Waals surface area contributed by atoms with Crippen LogP contribution in [0.1, 0.15) is 43.4 Å². The number of ether oxygens (including phenoxy) is 2. The highest BCUT2D eigenvalue weighted by molar-refractivity contribution is 5.96. The second-order valence-electron chi connectivity index (χ2n) is 8.01. The summed E-state index contributed by atoms with van der Waals surface area (Å²) < 4.78 is 11.1. The van der Waals surface area contributed by atoms with Crippen molar-refractivity contribution in [3.05, 3.63) is 23.4 Å². The molecule has 2 aliphatic rings. The number of aryl methyl sites for hydroxylation is 1. The summed E-state index contributed by atoms with van der Waals surface area (Å²) >= 11 is 0. The van der Waals surface area contributed by atoms with Gasteiger partial charge in [0, 0.05) is 54.9 Å². The van der Waals surface area contributed by atoms with Crippen LogP contribution in [0.25, 0.3) is 10.9 Å². The summed E-state index contributed by atoms with van der Waals surface area (Å²) in [5.74, 6) is 1.46. The van der Waals surface area contributed by atoms with Gasteiger partial charge < -0.3 is 19.7 Å². The van der Waals surface area contributed by atoms with E-state index in [4.69, 9.17) is 19.7 Å². The predicted molar refractivity (Wildman–Crippen MR) is 115 cm³/mol. The van der Waals surface area contributed by atoms with Crippen molar-refractivity contribution in [2.24, 2.45) is 0 Å². The van der Waals surface area contributed by atoms with E-state index in [1.165, 1.54) is 29.8 Å². The molecule has 0 amide bonds. The highest BCUT2D eigenvalue weighted by atomic mass is 16.5. The minimum atomic E-state index is 0.443. The van der Waals surface area contributed by atoms with Crippen molar-refractivity contribution in [2.45, 2.75) is 51.0 Å². The van der Waals surface area contributed by atoms with Gasteiger partial charge in [-0.3, -0.25) is 4.98 Å². The maximum absolute atomic E-state index is 8.82. The van der Waals surface area contributed by atoms with Gasteiger partial charge in [0.1, 0.15) is 0 Å². The lowest BCUT2D eigenvalue weighted by atomic mass is 9.91. The molecule has 0 radical (unpaired) electrons. The lowest BCUT2D eigenvalue weighted by molar-refractivity contribution is 0.223. The Hall–Kier alpha value is -2.52. The van der Waals surface area contributed by atoms with Gasteiger partial charge in [0.15, 0.2) is 11.5 Å². The zero-order valence-corrected chi connectivity index (χ0v) is 17.5. The third-order valence-electron chi connectivity index (χ3n) is 6.24. The van der Waals surface area contributed by atoms with Crippen LogP contribution < -0.4 is 14.8 Å². The third kappa shape index (κ3) is 4.11. The number of anilines is 1. The number of benzene rings is 1. The molecule has 0 spiro atoms. The van der Waals surface area contributed by atoms with Crippen LogP contribution in [0, 0.1) is 11.3 Å². The molecule has 6 heteroatoms. The summed E-state index contributed by atoms with van der Waals surface area (Å²) in [6, 6.07) is 6.77. The smallest absolute Gasteiger partial charge is 0.162 e. The first kappa shape index (κ1) is 19.8. The molecular formula is C23H30N4O2. The number of nitrogens with one attached hydrogen (secondary N) is 1. The number of nitriles is 1. The summed E-state index contributed by atoms with van der Waals surface area (Å²) in [4.78, 5) is 7.38. The van der Waals surface area contributed by atoms with Gasteiger partial charge in [-0.2, -0.15) is 5.26 Å². The molecule has 154 valence electrons. The molecule has 1 N–H and O–H groups in total. The zero-order chi connectivity index (χ0) is 20.2. The Bertz CT molecular complexity index is 908. The van der Waals surface area contributed by atoms with Crippen molar-refractivity contribution in [3.63, 3.8) is 0 Å². The van der Waals surface area contributed by atoms with Crippen molar-refractivity contribution < 1.29 is 9.47 Å². The van der Waals surface area contributed by atoms with Gasteiger partial charge in [-0.15, -0.1) is 0 Å². The number of fused-ring (bicyclic) bond motifs is 2. The molecule has 1 aliphatic heterocycles. The SMILES string of the molecule is COc1cc2nc3c(c(NC4CCN(CCC#N)CC4)c2cc1OC)CCCC3. The molecule has 0 bridgehead atoms. The average Bonchev–Trinajstić information content (AvgIpc) is 2.77. The number of likely N-dealkylation sites (tertiary alicyclic amines) is 1. The molecule has 6 nitrogen and oxygen atoms in total. The Morgan fingerprint density at radius 2 is 1.86 bits per heavy atom. The molecule has 2 aromatic rings. The van der Waals surface area contributed by atoms with Crippen LogP contribution in [0.3, 0.4) is 0 Å².